The summed E-state index contributed by atoms with van der Waals surface area (Å²) in [6.45, 7) is 1.45. The fraction of sp³-hybridized carbons (Fsp3) is 0.154. The maximum atomic E-state index is 11.0. The van der Waals surface area contributed by atoms with Crippen LogP contribution in [0.4, 0.5) is 0 Å². The summed E-state index contributed by atoms with van der Waals surface area (Å²) in [6.07, 6.45) is 0. The van der Waals surface area contributed by atoms with E-state index in [0.29, 0.717) is 12.1 Å². The van der Waals surface area contributed by atoms with Crippen molar-refractivity contribution in [2.24, 2.45) is 5.73 Å². The van der Waals surface area contributed by atoms with Crippen molar-refractivity contribution in [2.75, 3.05) is 0 Å². The van der Waals surface area contributed by atoms with Gasteiger partial charge in [-0.2, -0.15) is 0 Å². The van der Waals surface area contributed by atoms with Crippen molar-refractivity contribution in [1.29, 1.82) is 0 Å². The Morgan fingerprint density at radius 1 is 1.28 bits per heavy atom. The number of halogens is 1. The lowest BCUT2D eigenvalue weighted by Crippen LogP contribution is -2.14. The van der Waals surface area contributed by atoms with E-state index in [1.54, 1.807) is 23.5 Å². The Morgan fingerprint density at radius 2 is 2.11 bits per heavy atom. The van der Waals surface area contributed by atoms with E-state index in [0.717, 1.165) is 16.4 Å². The zero-order valence-electron chi connectivity index (χ0n) is 9.65. The zero-order chi connectivity index (χ0) is 13.0. The maximum absolute atomic E-state index is 11.0. The molecule has 1 aromatic heterocycles. The minimum Gasteiger partial charge on any atom is -0.366 e. The van der Waals surface area contributed by atoms with Crippen LogP contribution in [0.25, 0.3) is 0 Å². The highest BCUT2D eigenvalue weighted by molar-refractivity contribution is 7.16. The van der Waals surface area contributed by atoms with Gasteiger partial charge >= 0.3 is 0 Å². The number of primary amides is 1. The highest BCUT2D eigenvalue weighted by Gasteiger charge is 2.02. The molecule has 0 fully saturated rings. The molecule has 1 amide bonds. The number of benzene rings is 1. The van der Waals surface area contributed by atoms with E-state index >= 15 is 0 Å². The van der Waals surface area contributed by atoms with Gasteiger partial charge in [0.2, 0.25) is 5.91 Å². The number of amides is 1. The number of thiophene rings is 1. The second kappa shape index (κ2) is 6.00. The third-order valence-electron chi connectivity index (χ3n) is 2.47. The van der Waals surface area contributed by atoms with Gasteiger partial charge in [-0.05, 0) is 29.8 Å². The first-order chi connectivity index (χ1) is 8.65. The summed E-state index contributed by atoms with van der Waals surface area (Å²) in [7, 11) is 0. The first kappa shape index (κ1) is 13.1. The molecule has 1 heterocycles. The molecule has 0 aliphatic rings. The Balaban J connectivity index is 1.90. The summed E-state index contributed by atoms with van der Waals surface area (Å²) in [4.78, 5) is 12.2. The molecule has 0 radical (unpaired) electrons. The van der Waals surface area contributed by atoms with Gasteiger partial charge in [-0.15, -0.1) is 11.3 Å². The van der Waals surface area contributed by atoms with Crippen LogP contribution < -0.4 is 11.1 Å². The van der Waals surface area contributed by atoms with Crippen LogP contribution in [0.3, 0.4) is 0 Å². The zero-order valence-corrected chi connectivity index (χ0v) is 11.2. The number of rotatable bonds is 5. The van der Waals surface area contributed by atoms with E-state index in [4.69, 9.17) is 17.3 Å². The Hall–Kier alpha value is -1.36. The van der Waals surface area contributed by atoms with Crippen molar-refractivity contribution in [1.82, 2.24) is 5.32 Å². The summed E-state index contributed by atoms with van der Waals surface area (Å²) < 4.78 is 0.794. The fourth-order valence-corrected chi connectivity index (χ4v) is 2.67. The molecule has 0 saturated heterocycles. The lowest BCUT2D eigenvalue weighted by molar-refractivity contribution is 0.1000. The van der Waals surface area contributed by atoms with Gasteiger partial charge < -0.3 is 11.1 Å². The highest BCUT2D eigenvalue weighted by atomic mass is 35.5. The molecule has 3 N–H and O–H groups in total. The molecule has 94 valence electrons. The van der Waals surface area contributed by atoms with Gasteiger partial charge in [-0.3, -0.25) is 4.79 Å². The summed E-state index contributed by atoms with van der Waals surface area (Å²) in [5, 5.41) is 3.30. The lowest BCUT2D eigenvalue weighted by Gasteiger charge is -2.04. The van der Waals surface area contributed by atoms with Crippen molar-refractivity contribution < 1.29 is 4.79 Å². The van der Waals surface area contributed by atoms with Crippen molar-refractivity contribution in [2.45, 2.75) is 13.1 Å². The molecule has 0 aliphatic heterocycles. The van der Waals surface area contributed by atoms with E-state index in [-0.39, 0.29) is 0 Å². The Morgan fingerprint density at radius 3 is 2.78 bits per heavy atom. The minimum absolute atomic E-state index is 0.401. The quantitative estimate of drug-likeness (QED) is 0.885. The predicted octanol–water partition coefficient (Wildman–Crippen LogP) is 2.79. The average molecular weight is 281 g/mol. The number of carbonyl (C=O) groups is 1. The summed E-state index contributed by atoms with van der Waals surface area (Å²) in [5.41, 5.74) is 6.80. The minimum atomic E-state index is -0.401. The SMILES string of the molecule is NC(=O)c1cccc(CNCc2ccc(Cl)s2)c1. The van der Waals surface area contributed by atoms with Gasteiger partial charge in [0.1, 0.15) is 0 Å². The topological polar surface area (TPSA) is 55.1 Å². The van der Waals surface area contributed by atoms with E-state index < -0.39 is 5.91 Å². The molecule has 0 atom stereocenters. The van der Waals surface area contributed by atoms with Crippen molar-refractivity contribution in [3.8, 4) is 0 Å². The smallest absolute Gasteiger partial charge is 0.248 e. The van der Waals surface area contributed by atoms with Crippen LogP contribution >= 0.6 is 22.9 Å². The van der Waals surface area contributed by atoms with Gasteiger partial charge in [0.05, 0.1) is 4.34 Å². The third kappa shape index (κ3) is 3.57. The predicted molar refractivity (Wildman–Crippen MR) is 74.8 cm³/mol. The van der Waals surface area contributed by atoms with E-state index in [2.05, 4.69) is 5.32 Å². The Labute approximate surface area is 115 Å². The van der Waals surface area contributed by atoms with Crippen LogP contribution in [0, 0.1) is 0 Å². The Bertz CT molecular complexity index is 553. The first-order valence-electron chi connectivity index (χ1n) is 5.49. The maximum Gasteiger partial charge on any atom is 0.248 e. The Kier molecular flexibility index (Phi) is 4.36. The average Bonchev–Trinajstić information content (AvgIpc) is 2.75. The molecule has 3 nitrogen and oxygen atoms in total. The van der Waals surface area contributed by atoms with E-state index in [9.17, 15) is 4.79 Å². The molecule has 0 saturated carbocycles. The molecule has 0 aliphatic carbocycles. The van der Waals surface area contributed by atoms with Crippen LogP contribution in [0.1, 0.15) is 20.8 Å². The highest BCUT2D eigenvalue weighted by Crippen LogP contribution is 2.21. The molecular weight excluding hydrogens is 268 g/mol. The van der Waals surface area contributed by atoms with Crippen LogP contribution in [0.2, 0.25) is 4.34 Å². The second-order valence-electron chi connectivity index (χ2n) is 3.87. The lowest BCUT2D eigenvalue weighted by atomic mass is 10.1. The van der Waals surface area contributed by atoms with E-state index in [1.807, 2.05) is 24.3 Å². The molecule has 1 aromatic carbocycles. The van der Waals surface area contributed by atoms with Crippen molar-refractivity contribution >= 4 is 28.8 Å². The van der Waals surface area contributed by atoms with Crippen LogP contribution in [0.15, 0.2) is 36.4 Å². The largest absolute Gasteiger partial charge is 0.366 e. The molecule has 2 aromatic rings. The molecule has 0 unspecified atom stereocenters. The standard InChI is InChI=1S/C13H13ClN2OS/c14-12-5-4-11(18-12)8-16-7-9-2-1-3-10(6-9)13(15)17/h1-6,16H,7-8H2,(H2,15,17). The summed E-state index contributed by atoms with van der Waals surface area (Å²) >= 11 is 7.41. The monoisotopic (exact) mass is 280 g/mol. The summed E-state index contributed by atoms with van der Waals surface area (Å²) in [6, 6.07) is 11.2. The second-order valence-corrected chi connectivity index (χ2v) is 5.67. The van der Waals surface area contributed by atoms with Crippen molar-refractivity contribution in [3.63, 3.8) is 0 Å². The van der Waals surface area contributed by atoms with Gasteiger partial charge in [-0.25, -0.2) is 0 Å². The molecular formula is C13H13ClN2OS. The van der Waals surface area contributed by atoms with Gasteiger partial charge in [-0.1, -0.05) is 23.7 Å². The number of nitrogens with two attached hydrogens (primary N) is 1. The number of carbonyl (C=O) groups excluding carboxylic acids is 1. The van der Waals surface area contributed by atoms with Gasteiger partial charge in [0.25, 0.3) is 0 Å². The number of hydrogen-bond donors (Lipinski definition) is 2. The van der Waals surface area contributed by atoms with Gasteiger partial charge in [0, 0.05) is 23.5 Å². The molecule has 5 heteroatoms. The molecule has 18 heavy (non-hydrogen) atoms. The molecule has 2 rings (SSSR count). The fourth-order valence-electron chi connectivity index (χ4n) is 1.61. The van der Waals surface area contributed by atoms with Crippen LogP contribution in [-0.2, 0) is 13.1 Å². The van der Waals surface area contributed by atoms with Gasteiger partial charge in [0.15, 0.2) is 0 Å². The number of nitrogens with one attached hydrogen (secondary N) is 1. The van der Waals surface area contributed by atoms with Crippen LogP contribution in [-0.4, -0.2) is 5.91 Å². The summed E-state index contributed by atoms with van der Waals surface area (Å²) in [5.74, 6) is -0.401. The molecule has 0 bridgehead atoms. The molecule has 0 spiro atoms. The normalized spacial score (nSPS) is 10.5. The third-order valence-corrected chi connectivity index (χ3v) is 3.70. The van der Waals surface area contributed by atoms with E-state index in [1.165, 1.54) is 4.88 Å². The first-order valence-corrected chi connectivity index (χ1v) is 6.68. The number of hydrogen-bond acceptors (Lipinski definition) is 3. The van der Waals surface area contributed by atoms with Crippen LogP contribution in [0.5, 0.6) is 0 Å². The van der Waals surface area contributed by atoms with Crippen molar-refractivity contribution in [3.05, 3.63) is 56.7 Å².